The number of ether oxygens (including phenoxy) is 1. The third kappa shape index (κ3) is 4.73. The van der Waals surface area contributed by atoms with Gasteiger partial charge in [-0.05, 0) is 23.3 Å². The third-order valence-corrected chi connectivity index (χ3v) is 6.33. The maximum atomic E-state index is 6.24. The number of rotatable bonds is 6. The van der Waals surface area contributed by atoms with Crippen LogP contribution in [0.15, 0.2) is 84.0 Å². The van der Waals surface area contributed by atoms with E-state index in [0.29, 0.717) is 5.69 Å². The molecule has 144 valence electrons. The highest BCUT2D eigenvalue weighted by Crippen LogP contribution is 2.41. The van der Waals surface area contributed by atoms with Crippen LogP contribution in [0.5, 0.6) is 0 Å². The summed E-state index contributed by atoms with van der Waals surface area (Å²) in [5, 5.41) is 0.997. The summed E-state index contributed by atoms with van der Waals surface area (Å²) in [4.78, 5) is 6.97. The van der Waals surface area contributed by atoms with Crippen molar-refractivity contribution >= 4 is 17.4 Å². The summed E-state index contributed by atoms with van der Waals surface area (Å²) in [7, 11) is 0. The van der Waals surface area contributed by atoms with E-state index in [4.69, 9.17) is 10.5 Å². The highest BCUT2D eigenvalue weighted by atomic mass is 32.2. The number of hydrogen-bond acceptors (Lipinski definition) is 5. The maximum Gasteiger partial charge on any atom is 0.120 e. The van der Waals surface area contributed by atoms with Crippen LogP contribution < -0.4 is 5.73 Å². The van der Waals surface area contributed by atoms with Gasteiger partial charge < -0.3 is 10.5 Å². The number of hydrogen-bond donors (Lipinski definition) is 1. The predicted molar refractivity (Wildman–Crippen MR) is 115 cm³/mol. The first-order valence-corrected chi connectivity index (χ1v) is 10.5. The van der Waals surface area contributed by atoms with Gasteiger partial charge in [-0.3, -0.25) is 4.90 Å². The van der Waals surface area contributed by atoms with Gasteiger partial charge >= 0.3 is 0 Å². The number of morpholine rings is 1. The Morgan fingerprint density at radius 1 is 1.04 bits per heavy atom. The minimum atomic E-state index is 0.0752. The fraction of sp³-hybridized carbons (Fsp3) is 0.261. The fourth-order valence-electron chi connectivity index (χ4n) is 3.52. The SMILES string of the molecule is Nc1cccnc1S[C@@H](c1ccccc1)[C@@H]1CN(Cc2ccccc2)CCO1. The predicted octanol–water partition coefficient (Wildman–Crippen LogP) is 4.40. The molecule has 5 heteroatoms. The summed E-state index contributed by atoms with van der Waals surface area (Å²) >= 11 is 1.70. The second-order valence-corrected chi connectivity index (χ2v) is 8.11. The highest BCUT2D eigenvalue weighted by molar-refractivity contribution is 7.99. The van der Waals surface area contributed by atoms with Gasteiger partial charge in [0.05, 0.1) is 23.6 Å². The molecule has 0 amide bonds. The molecule has 3 aromatic rings. The second-order valence-electron chi connectivity index (χ2n) is 6.98. The first kappa shape index (κ1) is 19.0. The van der Waals surface area contributed by atoms with E-state index in [1.54, 1.807) is 18.0 Å². The molecule has 1 saturated heterocycles. The molecular weight excluding hydrogens is 366 g/mol. The molecule has 4 rings (SSSR count). The Labute approximate surface area is 170 Å². The van der Waals surface area contributed by atoms with E-state index in [0.717, 1.165) is 31.3 Å². The lowest BCUT2D eigenvalue weighted by Gasteiger charge is -2.37. The Balaban J connectivity index is 1.54. The number of pyridine rings is 1. The quantitative estimate of drug-likeness (QED) is 0.631. The van der Waals surface area contributed by atoms with E-state index in [9.17, 15) is 0 Å². The molecule has 1 aliphatic heterocycles. The van der Waals surface area contributed by atoms with E-state index in [1.807, 2.05) is 18.2 Å². The first-order chi connectivity index (χ1) is 13.8. The number of benzene rings is 2. The summed E-state index contributed by atoms with van der Waals surface area (Å²) in [5.41, 5.74) is 9.46. The van der Waals surface area contributed by atoms with Gasteiger partial charge in [-0.15, -0.1) is 0 Å². The van der Waals surface area contributed by atoms with Gasteiger partial charge in [0, 0.05) is 25.8 Å². The van der Waals surface area contributed by atoms with Gasteiger partial charge in [-0.2, -0.15) is 0 Å². The van der Waals surface area contributed by atoms with Gasteiger partial charge in [0.15, 0.2) is 0 Å². The number of nitrogens with two attached hydrogens (primary N) is 1. The highest BCUT2D eigenvalue weighted by Gasteiger charge is 2.31. The number of nitrogens with zero attached hydrogens (tertiary/aromatic N) is 2. The van der Waals surface area contributed by atoms with Gasteiger partial charge in [0.25, 0.3) is 0 Å². The van der Waals surface area contributed by atoms with Crippen LogP contribution in [0.2, 0.25) is 0 Å². The lowest BCUT2D eigenvalue weighted by atomic mass is 10.1. The molecule has 0 radical (unpaired) electrons. The third-order valence-electron chi connectivity index (χ3n) is 4.93. The Morgan fingerprint density at radius 3 is 2.54 bits per heavy atom. The average molecular weight is 392 g/mol. The molecule has 2 N–H and O–H groups in total. The molecule has 0 saturated carbocycles. The van der Waals surface area contributed by atoms with Gasteiger partial charge in [-0.25, -0.2) is 4.98 Å². The fourth-order valence-corrected chi connectivity index (χ4v) is 4.70. The van der Waals surface area contributed by atoms with Crippen molar-refractivity contribution in [2.75, 3.05) is 25.4 Å². The Hall–Kier alpha value is -2.34. The molecule has 0 aliphatic carbocycles. The van der Waals surface area contributed by atoms with Crippen molar-refractivity contribution in [3.05, 3.63) is 90.1 Å². The van der Waals surface area contributed by atoms with Crippen LogP contribution in [-0.4, -0.2) is 35.7 Å². The van der Waals surface area contributed by atoms with Crippen molar-refractivity contribution in [3.8, 4) is 0 Å². The van der Waals surface area contributed by atoms with Crippen molar-refractivity contribution in [3.63, 3.8) is 0 Å². The molecule has 0 unspecified atom stereocenters. The van der Waals surface area contributed by atoms with Crippen LogP contribution in [0.4, 0.5) is 5.69 Å². The molecular formula is C23H25N3OS. The second kappa shape index (κ2) is 9.24. The van der Waals surface area contributed by atoms with Crippen LogP contribution in [0, 0.1) is 0 Å². The van der Waals surface area contributed by atoms with Crippen LogP contribution in [0.1, 0.15) is 16.4 Å². The van der Waals surface area contributed by atoms with Gasteiger partial charge in [-0.1, -0.05) is 72.4 Å². The van der Waals surface area contributed by atoms with Crippen molar-refractivity contribution in [1.29, 1.82) is 0 Å². The van der Waals surface area contributed by atoms with Crippen molar-refractivity contribution < 1.29 is 4.74 Å². The van der Waals surface area contributed by atoms with Gasteiger partial charge in [0.1, 0.15) is 5.03 Å². The zero-order valence-electron chi connectivity index (χ0n) is 15.8. The molecule has 0 bridgehead atoms. The van der Waals surface area contributed by atoms with Crippen LogP contribution >= 0.6 is 11.8 Å². The molecule has 1 aromatic heterocycles. The minimum absolute atomic E-state index is 0.0752. The van der Waals surface area contributed by atoms with E-state index in [1.165, 1.54) is 11.1 Å². The normalized spacial score (nSPS) is 18.6. The zero-order valence-corrected chi connectivity index (χ0v) is 16.6. The first-order valence-electron chi connectivity index (χ1n) is 9.59. The Bertz CT molecular complexity index is 875. The summed E-state index contributed by atoms with van der Waals surface area (Å²) in [5.74, 6) is 0. The zero-order chi connectivity index (χ0) is 19.2. The maximum absolute atomic E-state index is 6.24. The lowest BCUT2D eigenvalue weighted by molar-refractivity contribution is -0.0319. The summed E-state index contributed by atoms with van der Waals surface area (Å²) in [6.07, 6.45) is 1.87. The Morgan fingerprint density at radius 2 is 1.79 bits per heavy atom. The number of thioether (sulfide) groups is 1. The molecule has 1 aliphatic rings. The molecule has 0 spiro atoms. The molecule has 4 nitrogen and oxygen atoms in total. The van der Waals surface area contributed by atoms with E-state index in [-0.39, 0.29) is 11.4 Å². The topological polar surface area (TPSA) is 51.4 Å². The Kier molecular flexibility index (Phi) is 6.27. The largest absolute Gasteiger partial charge is 0.397 e. The molecule has 2 atom stereocenters. The van der Waals surface area contributed by atoms with E-state index in [2.05, 4.69) is 64.5 Å². The van der Waals surface area contributed by atoms with Crippen LogP contribution in [0.3, 0.4) is 0 Å². The monoisotopic (exact) mass is 391 g/mol. The van der Waals surface area contributed by atoms with Gasteiger partial charge in [0.2, 0.25) is 0 Å². The molecule has 2 heterocycles. The average Bonchev–Trinajstić information content (AvgIpc) is 2.75. The standard InChI is InChI=1S/C23H25N3OS/c24-20-12-7-13-25-23(20)28-22(19-10-5-2-6-11-19)21-17-26(14-15-27-21)16-18-8-3-1-4-9-18/h1-13,21-22H,14-17,24H2/t21-,22-/m0/s1. The van der Waals surface area contributed by atoms with Crippen LogP contribution in [-0.2, 0) is 11.3 Å². The minimum Gasteiger partial charge on any atom is -0.397 e. The van der Waals surface area contributed by atoms with Crippen LogP contribution in [0.25, 0.3) is 0 Å². The van der Waals surface area contributed by atoms with E-state index < -0.39 is 0 Å². The lowest BCUT2D eigenvalue weighted by Crippen LogP contribution is -2.44. The summed E-state index contributed by atoms with van der Waals surface area (Å²) < 4.78 is 6.24. The van der Waals surface area contributed by atoms with Crippen molar-refractivity contribution in [1.82, 2.24) is 9.88 Å². The molecule has 28 heavy (non-hydrogen) atoms. The number of nitrogen functional groups attached to an aromatic ring is 1. The smallest absolute Gasteiger partial charge is 0.120 e. The van der Waals surface area contributed by atoms with Crippen molar-refractivity contribution in [2.45, 2.75) is 22.9 Å². The molecule has 1 fully saturated rings. The van der Waals surface area contributed by atoms with E-state index >= 15 is 0 Å². The summed E-state index contributed by atoms with van der Waals surface area (Å²) in [6, 6.07) is 24.9. The number of anilines is 1. The van der Waals surface area contributed by atoms with Crippen molar-refractivity contribution in [2.24, 2.45) is 0 Å². The number of aromatic nitrogens is 1. The molecule has 2 aromatic carbocycles. The summed E-state index contributed by atoms with van der Waals surface area (Å²) in [6.45, 7) is 3.51.